The Kier molecular flexibility index (Phi) is 3.96. The molecule has 1 aromatic carbocycles. The fourth-order valence-electron chi connectivity index (χ4n) is 2.30. The Balaban J connectivity index is 2.11. The number of fused-ring (bicyclic) bond motifs is 1. The molecular formula is C15H13ClIN3. The maximum Gasteiger partial charge on any atom is 0.0998 e. The quantitative estimate of drug-likeness (QED) is 0.753. The monoisotopic (exact) mass is 397 g/mol. The summed E-state index contributed by atoms with van der Waals surface area (Å²) in [5, 5.41) is 4.22. The summed E-state index contributed by atoms with van der Waals surface area (Å²) in [5.41, 5.74) is 9.54. The molecule has 0 saturated heterocycles. The molecule has 3 nitrogen and oxygen atoms in total. The molecule has 0 spiro atoms. The van der Waals surface area contributed by atoms with Crippen LogP contribution in [0.25, 0.3) is 5.70 Å². The van der Waals surface area contributed by atoms with Gasteiger partial charge in [-0.25, -0.2) is 0 Å². The molecule has 2 aliphatic rings. The molecule has 3 rings (SSSR count). The first-order chi connectivity index (χ1) is 9.70. The van der Waals surface area contributed by atoms with Crippen LogP contribution in [0.4, 0.5) is 0 Å². The average molecular weight is 398 g/mol. The standard InChI is InChI=1S/C15H13ClIN3/c16-10-5-2-1-4-9(10)14-13(8-18)19-12-7-3-6-11(17)15(12)20-14/h1-7,15,20H,8,18H2. The van der Waals surface area contributed by atoms with Gasteiger partial charge in [-0.1, -0.05) is 42.0 Å². The summed E-state index contributed by atoms with van der Waals surface area (Å²) in [4.78, 5) is 4.69. The lowest BCUT2D eigenvalue weighted by Gasteiger charge is -2.29. The molecule has 1 atom stereocenters. The fourth-order valence-corrected chi connectivity index (χ4v) is 3.21. The summed E-state index contributed by atoms with van der Waals surface area (Å²) >= 11 is 8.63. The van der Waals surface area contributed by atoms with Gasteiger partial charge in [-0.2, -0.15) is 0 Å². The van der Waals surface area contributed by atoms with E-state index < -0.39 is 0 Å². The number of hydrogen-bond acceptors (Lipinski definition) is 3. The highest BCUT2D eigenvalue weighted by atomic mass is 127. The molecule has 1 aliphatic heterocycles. The second kappa shape index (κ2) is 5.71. The lowest BCUT2D eigenvalue weighted by molar-refractivity contribution is 0.848. The van der Waals surface area contributed by atoms with Crippen molar-refractivity contribution in [3.8, 4) is 0 Å². The summed E-state index contributed by atoms with van der Waals surface area (Å²) < 4.78 is 1.20. The smallest absolute Gasteiger partial charge is 0.0998 e. The van der Waals surface area contributed by atoms with E-state index in [0.29, 0.717) is 11.6 Å². The molecule has 1 unspecified atom stereocenters. The fraction of sp³-hybridized carbons (Fsp3) is 0.133. The van der Waals surface area contributed by atoms with Gasteiger partial charge in [0.05, 0.1) is 23.1 Å². The molecular weight excluding hydrogens is 385 g/mol. The van der Waals surface area contributed by atoms with Crippen LogP contribution in [0.2, 0.25) is 5.02 Å². The van der Waals surface area contributed by atoms with E-state index in [4.69, 9.17) is 17.3 Å². The Bertz CT molecular complexity index is 673. The van der Waals surface area contributed by atoms with Crippen LogP contribution >= 0.6 is 34.2 Å². The number of nitrogens with zero attached hydrogens (tertiary/aromatic N) is 1. The Morgan fingerprint density at radius 1 is 1.35 bits per heavy atom. The molecule has 0 aromatic heterocycles. The van der Waals surface area contributed by atoms with Gasteiger partial charge in [0, 0.05) is 20.7 Å². The zero-order valence-electron chi connectivity index (χ0n) is 10.6. The minimum absolute atomic E-state index is 0.0853. The third-order valence-electron chi connectivity index (χ3n) is 3.27. The number of nitrogens with two attached hydrogens (primary N) is 1. The number of halogens is 2. The minimum atomic E-state index is 0.0853. The van der Waals surface area contributed by atoms with Crippen molar-refractivity contribution in [2.24, 2.45) is 10.7 Å². The highest BCUT2D eigenvalue weighted by Gasteiger charge is 2.27. The average Bonchev–Trinajstić information content (AvgIpc) is 2.47. The molecule has 0 amide bonds. The largest absolute Gasteiger partial charge is 0.370 e. The van der Waals surface area contributed by atoms with Crippen molar-refractivity contribution < 1.29 is 0 Å². The van der Waals surface area contributed by atoms with E-state index in [1.54, 1.807) is 0 Å². The first kappa shape index (κ1) is 13.9. The van der Waals surface area contributed by atoms with E-state index in [1.807, 2.05) is 36.4 Å². The van der Waals surface area contributed by atoms with Gasteiger partial charge in [-0.3, -0.25) is 4.99 Å². The van der Waals surface area contributed by atoms with E-state index in [1.165, 1.54) is 3.58 Å². The topological polar surface area (TPSA) is 50.4 Å². The summed E-state index contributed by atoms with van der Waals surface area (Å²) in [6.45, 7) is 0.373. The summed E-state index contributed by atoms with van der Waals surface area (Å²) in [7, 11) is 0. The van der Waals surface area contributed by atoms with E-state index in [2.05, 4.69) is 39.0 Å². The second-order valence-electron chi connectivity index (χ2n) is 4.53. The van der Waals surface area contributed by atoms with Crippen LogP contribution in [0.1, 0.15) is 5.56 Å². The highest BCUT2D eigenvalue weighted by molar-refractivity contribution is 14.1. The molecule has 1 heterocycles. The van der Waals surface area contributed by atoms with Crippen LogP contribution in [0, 0.1) is 0 Å². The number of hydrogen-bond donors (Lipinski definition) is 2. The van der Waals surface area contributed by atoms with Gasteiger partial charge in [0.1, 0.15) is 0 Å². The van der Waals surface area contributed by atoms with Gasteiger partial charge in [-0.15, -0.1) is 0 Å². The molecule has 0 bridgehead atoms. The molecule has 0 radical (unpaired) electrons. The van der Waals surface area contributed by atoms with E-state index in [0.717, 1.165) is 22.7 Å². The maximum absolute atomic E-state index is 6.30. The molecule has 102 valence electrons. The van der Waals surface area contributed by atoms with Gasteiger partial charge in [0.2, 0.25) is 0 Å². The molecule has 0 saturated carbocycles. The van der Waals surface area contributed by atoms with E-state index >= 15 is 0 Å². The zero-order valence-corrected chi connectivity index (χ0v) is 13.5. The Morgan fingerprint density at radius 3 is 2.90 bits per heavy atom. The van der Waals surface area contributed by atoms with Crippen LogP contribution in [0.15, 0.2) is 56.8 Å². The SMILES string of the molecule is NCC1=C(c2ccccc2Cl)NC2C(I)=CC=CC2=N1. The van der Waals surface area contributed by atoms with Crippen molar-refractivity contribution >= 4 is 45.6 Å². The third-order valence-corrected chi connectivity index (χ3v) is 4.58. The lowest BCUT2D eigenvalue weighted by atomic mass is 10.0. The van der Waals surface area contributed by atoms with Gasteiger partial charge in [-0.05, 0) is 34.7 Å². The summed E-state index contributed by atoms with van der Waals surface area (Å²) in [6.07, 6.45) is 6.10. The molecule has 20 heavy (non-hydrogen) atoms. The summed E-state index contributed by atoms with van der Waals surface area (Å²) in [6, 6.07) is 7.82. The van der Waals surface area contributed by atoms with Crippen LogP contribution in [-0.2, 0) is 0 Å². The van der Waals surface area contributed by atoms with Crippen molar-refractivity contribution in [3.05, 3.63) is 62.4 Å². The van der Waals surface area contributed by atoms with Crippen molar-refractivity contribution in [2.75, 3.05) is 6.54 Å². The number of allylic oxidation sites excluding steroid dienone is 2. The van der Waals surface area contributed by atoms with Crippen molar-refractivity contribution in [3.63, 3.8) is 0 Å². The van der Waals surface area contributed by atoms with E-state index in [-0.39, 0.29) is 6.04 Å². The second-order valence-corrected chi connectivity index (χ2v) is 6.18. The molecule has 1 aliphatic carbocycles. The Labute approximate surface area is 136 Å². The molecule has 5 heteroatoms. The zero-order chi connectivity index (χ0) is 14.1. The minimum Gasteiger partial charge on any atom is -0.370 e. The van der Waals surface area contributed by atoms with Crippen LogP contribution < -0.4 is 11.1 Å². The molecule has 1 aromatic rings. The highest BCUT2D eigenvalue weighted by Crippen LogP contribution is 2.31. The molecule has 0 fully saturated rings. The number of rotatable bonds is 2. The third kappa shape index (κ3) is 2.43. The Morgan fingerprint density at radius 2 is 2.15 bits per heavy atom. The first-order valence-corrected chi connectivity index (χ1v) is 7.73. The molecule has 3 N–H and O–H groups in total. The maximum atomic E-state index is 6.30. The lowest BCUT2D eigenvalue weighted by Crippen LogP contribution is -2.40. The number of nitrogens with one attached hydrogen (secondary N) is 1. The van der Waals surface area contributed by atoms with Gasteiger partial charge in [0.15, 0.2) is 0 Å². The normalized spacial score (nSPS) is 21.1. The van der Waals surface area contributed by atoms with Gasteiger partial charge < -0.3 is 11.1 Å². The van der Waals surface area contributed by atoms with Crippen molar-refractivity contribution in [1.29, 1.82) is 0 Å². The first-order valence-electron chi connectivity index (χ1n) is 6.27. The van der Waals surface area contributed by atoms with Crippen LogP contribution in [0.3, 0.4) is 0 Å². The van der Waals surface area contributed by atoms with Crippen LogP contribution in [-0.4, -0.2) is 18.3 Å². The van der Waals surface area contributed by atoms with Crippen molar-refractivity contribution in [1.82, 2.24) is 5.32 Å². The Hall–Kier alpha value is -1.11. The predicted octanol–water partition coefficient (Wildman–Crippen LogP) is 3.27. The summed E-state index contributed by atoms with van der Waals surface area (Å²) in [5.74, 6) is 0. The van der Waals surface area contributed by atoms with Crippen molar-refractivity contribution in [2.45, 2.75) is 6.04 Å². The number of aliphatic imine (C=N–C) groups is 1. The van der Waals surface area contributed by atoms with Gasteiger partial charge >= 0.3 is 0 Å². The van der Waals surface area contributed by atoms with Gasteiger partial charge in [0.25, 0.3) is 0 Å². The number of benzene rings is 1. The predicted molar refractivity (Wildman–Crippen MR) is 93.0 cm³/mol. The van der Waals surface area contributed by atoms with Crippen LogP contribution in [0.5, 0.6) is 0 Å². The van der Waals surface area contributed by atoms with E-state index in [9.17, 15) is 0 Å².